The van der Waals surface area contributed by atoms with Crippen LogP contribution in [0.1, 0.15) is 18.4 Å². The standard InChI is InChI=1S/C10H12ClNO2S/c1-7-2-5-9(6-10(7)11)15(13,14)12-8-3-4-8/h2,5-6,8,12H,3-4H2,1H3. The van der Waals surface area contributed by atoms with E-state index in [9.17, 15) is 8.42 Å². The third-order valence-corrected chi connectivity index (χ3v) is 4.28. The number of hydrogen-bond donors (Lipinski definition) is 1. The van der Waals surface area contributed by atoms with Crippen LogP contribution in [0.5, 0.6) is 0 Å². The van der Waals surface area contributed by atoms with Gasteiger partial charge in [-0.05, 0) is 37.5 Å². The molecule has 0 unspecified atom stereocenters. The lowest BCUT2D eigenvalue weighted by Crippen LogP contribution is -2.25. The third kappa shape index (κ3) is 2.51. The van der Waals surface area contributed by atoms with Gasteiger partial charge in [0, 0.05) is 11.1 Å². The van der Waals surface area contributed by atoms with Crippen LogP contribution in [0.3, 0.4) is 0 Å². The summed E-state index contributed by atoms with van der Waals surface area (Å²) in [5.41, 5.74) is 0.877. The van der Waals surface area contributed by atoms with E-state index in [0.717, 1.165) is 18.4 Å². The van der Waals surface area contributed by atoms with Gasteiger partial charge in [-0.1, -0.05) is 17.7 Å². The van der Waals surface area contributed by atoms with E-state index in [0.29, 0.717) is 5.02 Å². The van der Waals surface area contributed by atoms with Gasteiger partial charge in [-0.2, -0.15) is 0 Å². The van der Waals surface area contributed by atoms with Crippen molar-refractivity contribution in [2.45, 2.75) is 30.7 Å². The van der Waals surface area contributed by atoms with Crippen molar-refractivity contribution in [1.82, 2.24) is 4.72 Å². The molecule has 0 aliphatic heterocycles. The molecular formula is C10H12ClNO2S. The zero-order chi connectivity index (χ0) is 11.1. The van der Waals surface area contributed by atoms with Crippen molar-refractivity contribution in [3.8, 4) is 0 Å². The van der Waals surface area contributed by atoms with Crippen molar-refractivity contribution in [2.24, 2.45) is 0 Å². The van der Waals surface area contributed by atoms with Crippen molar-refractivity contribution < 1.29 is 8.42 Å². The Bertz CT molecular complexity index is 480. The van der Waals surface area contributed by atoms with Crippen molar-refractivity contribution >= 4 is 21.6 Å². The maximum absolute atomic E-state index is 11.8. The molecule has 1 fully saturated rings. The second-order valence-electron chi connectivity index (χ2n) is 3.81. The highest BCUT2D eigenvalue weighted by Gasteiger charge is 2.28. The molecule has 0 amide bonds. The molecule has 1 N–H and O–H groups in total. The molecule has 1 aliphatic carbocycles. The molecule has 5 heteroatoms. The van der Waals surface area contributed by atoms with Crippen LogP contribution in [0.4, 0.5) is 0 Å². The molecule has 15 heavy (non-hydrogen) atoms. The average molecular weight is 246 g/mol. The van der Waals surface area contributed by atoms with Gasteiger partial charge in [0.25, 0.3) is 0 Å². The molecule has 1 aromatic carbocycles. The monoisotopic (exact) mass is 245 g/mol. The highest BCUT2D eigenvalue weighted by atomic mass is 35.5. The van der Waals surface area contributed by atoms with E-state index >= 15 is 0 Å². The highest BCUT2D eigenvalue weighted by Crippen LogP contribution is 2.24. The van der Waals surface area contributed by atoms with Crippen LogP contribution in [0.2, 0.25) is 5.02 Å². The first kappa shape index (κ1) is 10.9. The third-order valence-electron chi connectivity index (χ3n) is 2.35. The molecule has 0 radical (unpaired) electrons. The number of benzene rings is 1. The van der Waals surface area contributed by atoms with Crippen LogP contribution in [0, 0.1) is 6.92 Å². The zero-order valence-corrected chi connectivity index (χ0v) is 9.90. The fraction of sp³-hybridized carbons (Fsp3) is 0.400. The molecule has 3 nitrogen and oxygen atoms in total. The molecule has 0 aromatic heterocycles. The van der Waals surface area contributed by atoms with Gasteiger partial charge in [-0.25, -0.2) is 13.1 Å². The fourth-order valence-electron chi connectivity index (χ4n) is 1.23. The van der Waals surface area contributed by atoms with Crippen molar-refractivity contribution in [3.05, 3.63) is 28.8 Å². The molecule has 1 aliphatic rings. The smallest absolute Gasteiger partial charge is 0.208 e. The largest absolute Gasteiger partial charge is 0.240 e. The van der Waals surface area contributed by atoms with Crippen LogP contribution in [-0.4, -0.2) is 14.5 Å². The normalized spacial score (nSPS) is 16.7. The lowest BCUT2D eigenvalue weighted by molar-refractivity contribution is 0.581. The molecule has 0 spiro atoms. The van der Waals surface area contributed by atoms with Crippen LogP contribution in [0.15, 0.2) is 23.1 Å². The van der Waals surface area contributed by atoms with Crippen LogP contribution in [-0.2, 0) is 10.0 Å². The minimum absolute atomic E-state index is 0.120. The van der Waals surface area contributed by atoms with Gasteiger partial charge in [0.1, 0.15) is 0 Å². The summed E-state index contributed by atoms with van der Waals surface area (Å²) in [6.07, 6.45) is 1.86. The maximum atomic E-state index is 11.8. The first-order chi connectivity index (χ1) is 6.99. The summed E-state index contributed by atoms with van der Waals surface area (Å²) in [7, 11) is -3.37. The van der Waals surface area contributed by atoms with Crippen molar-refractivity contribution in [2.75, 3.05) is 0 Å². The molecular weight excluding hydrogens is 234 g/mol. The van der Waals surface area contributed by atoms with Crippen LogP contribution >= 0.6 is 11.6 Å². The van der Waals surface area contributed by atoms with Gasteiger partial charge < -0.3 is 0 Å². The molecule has 0 heterocycles. The van der Waals surface area contributed by atoms with Gasteiger partial charge >= 0.3 is 0 Å². The molecule has 0 bridgehead atoms. The van der Waals surface area contributed by atoms with E-state index in [1.165, 1.54) is 6.07 Å². The van der Waals surface area contributed by atoms with Gasteiger partial charge in [-0.3, -0.25) is 0 Å². The maximum Gasteiger partial charge on any atom is 0.240 e. The number of sulfonamides is 1. The Kier molecular flexibility index (Phi) is 2.75. The summed E-state index contributed by atoms with van der Waals surface area (Å²) in [6.45, 7) is 1.84. The van der Waals surface area contributed by atoms with Crippen LogP contribution in [0.25, 0.3) is 0 Å². The molecule has 1 aromatic rings. The molecule has 1 saturated carbocycles. The summed E-state index contributed by atoms with van der Waals surface area (Å²) in [5.74, 6) is 0. The summed E-state index contributed by atoms with van der Waals surface area (Å²) < 4.78 is 26.2. The van der Waals surface area contributed by atoms with E-state index in [4.69, 9.17) is 11.6 Å². The van der Waals surface area contributed by atoms with E-state index in [1.807, 2.05) is 6.92 Å². The second kappa shape index (κ2) is 3.77. The summed E-state index contributed by atoms with van der Waals surface area (Å²) >= 11 is 5.88. The molecule has 82 valence electrons. The Balaban J connectivity index is 2.31. The number of rotatable bonds is 3. The minimum Gasteiger partial charge on any atom is -0.208 e. The predicted octanol–water partition coefficient (Wildman–Crippen LogP) is 2.09. The first-order valence-electron chi connectivity index (χ1n) is 4.77. The molecule has 0 atom stereocenters. The van der Waals surface area contributed by atoms with Gasteiger partial charge in [0.15, 0.2) is 0 Å². The quantitative estimate of drug-likeness (QED) is 0.887. The first-order valence-corrected chi connectivity index (χ1v) is 6.63. The Morgan fingerprint density at radius 3 is 2.60 bits per heavy atom. The Morgan fingerprint density at radius 1 is 1.40 bits per heavy atom. The number of halogens is 1. The topological polar surface area (TPSA) is 46.2 Å². The molecule has 2 rings (SSSR count). The summed E-state index contributed by atoms with van der Waals surface area (Å²) in [5, 5.41) is 0.480. The Morgan fingerprint density at radius 2 is 2.07 bits per heavy atom. The second-order valence-corrected chi connectivity index (χ2v) is 5.93. The lowest BCUT2D eigenvalue weighted by atomic mass is 10.2. The van der Waals surface area contributed by atoms with Gasteiger partial charge in [-0.15, -0.1) is 0 Å². The van der Waals surface area contributed by atoms with E-state index in [2.05, 4.69) is 4.72 Å². The van der Waals surface area contributed by atoms with Gasteiger partial charge in [0.05, 0.1) is 4.90 Å². The summed E-state index contributed by atoms with van der Waals surface area (Å²) in [6, 6.07) is 4.90. The average Bonchev–Trinajstić information content (AvgIpc) is 2.92. The van der Waals surface area contributed by atoms with E-state index < -0.39 is 10.0 Å². The van der Waals surface area contributed by atoms with Gasteiger partial charge in [0.2, 0.25) is 10.0 Å². The molecule has 0 saturated heterocycles. The Labute approximate surface area is 94.5 Å². The fourth-order valence-corrected chi connectivity index (χ4v) is 2.81. The number of nitrogens with one attached hydrogen (secondary N) is 1. The number of hydrogen-bond acceptors (Lipinski definition) is 2. The van der Waals surface area contributed by atoms with Crippen molar-refractivity contribution in [1.29, 1.82) is 0 Å². The van der Waals surface area contributed by atoms with E-state index in [-0.39, 0.29) is 10.9 Å². The minimum atomic E-state index is -3.37. The summed E-state index contributed by atoms with van der Waals surface area (Å²) in [4.78, 5) is 0.241. The lowest BCUT2D eigenvalue weighted by Gasteiger charge is -2.06. The zero-order valence-electron chi connectivity index (χ0n) is 8.33. The predicted molar refractivity (Wildman–Crippen MR) is 59.5 cm³/mol. The SMILES string of the molecule is Cc1ccc(S(=O)(=O)NC2CC2)cc1Cl. The number of aryl methyl sites for hydroxylation is 1. The van der Waals surface area contributed by atoms with Crippen molar-refractivity contribution in [3.63, 3.8) is 0 Å². The van der Waals surface area contributed by atoms with Crippen LogP contribution < -0.4 is 4.72 Å². The van der Waals surface area contributed by atoms with E-state index in [1.54, 1.807) is 12.1 Å². The Hall–Kier alpha value is -0.580. The highest BCUT2D eigenvalue weighted by molar-refractivity contribution is 7.89.